The number of para-hydroxylation sites is 1. The molecule has 10 nitrogen and oxygen atoms in total. The van der Waals surface area contributed by atoms with Gasteiger partial charge in [-0.2, -0.15) is 0 Å². The molecule has 0 aliphatic carbocycles. The van der Waals surface area contributed by atoms with Crippen LogP contribution in [0.3, 0.4) is 0 Å². The predicted octanol–water partition coefficient (Wildman–Crippen LogP) is 6.93. The molecule has 3 aromatic carbocycles. The van der Waals surface area contributed by atoms with E-state index in [2.05, 4.69) is 36.1 Å². The molecule has 1 fully saturated rings. The van der Waals surface area contributed by atoms with Crippen LogP contribution in [0.25, 0.3) is 16.8 Å². The van der Waals surface area contributed by atoms with Crippen LogP contribution in [0.5, 0.6) is 5.75 Å². The van der Waals surface area contributed by atoms with Gasteiger partial charge in [0.05, 0.1) is 30.0 Å². The molecule has 0 saturated carbocycles. The van der Waals surface area contributed by atoms with Crippen LogP contribution in [0.15, 0.2) is 97.2 Å². The zero-order valence-corrected chi connectivity index (χ0v) is 31.8. The molecule has 0 unspecified atom stereocenters. The van der Waals surface area contributed by atoms with E-state index in [-0.39, 0.29) is 17.9 Å². The van der Waals surface area contributed by atoms with Gasteiger partial charge in [0.2, 0.25) is 0 Å². The topological polar surface area (TPSA) is 87.0 Å². The van der Waals surface area contributed by atoms with Crippen molar-refractivity contribution in [1.29, 1.82) is 0 Å². The quantitative estimate of drug-likeness (QED) is 0.163. The second kappa shape index (κ2) is 16.1. The number of rotatable bonds is 9. The molecule has 55 heavy (non-hydrogen) atoms. The maximum atomic E-state index is 15.4. The van der Waals surface area contributed by atoms with E-state index in [0.717, 1.165) is 72.4 Å². The Morgan fingerprint density at radius 2 is 1.58 bits per heavy atom. The summed E-state index contributed by atoms with van der Waals surface area (Å²) >= 11 is 0. The van der Waals surface area contributed by atoms with Crippen molar-refractivity contribution in [3.05, 3.63) is 131 Å². The summed E-state index contributed by atoms with van der Waals surface area (Å²) in [5.41, 5.74) is 7.96. The number of pyridine rings is 1. The standard InChI is InChI=1S/C45H49N5O5/c1-3-4-18-46(2)43(51)40-28-42(49-19-11-10-16-41(40)49)38-26-33-17-20-48(45(53)55-37-14-6-5-7-15-37)29-35(33)27-39(38)44(52)50-30-34-13-9-8-12-32(34)25-36(50)31-47-21-23-54-24-22-47/h5-16,19,26-28,36H,3-4,17-18,20-25,29-31H2,1-2H3/t36-/m0/s1. The minimum Gasteiger partial charge on any atom is -0.410 e. The number of unbranched alkanes of at least 4 members (excludes halogenated alkanes) is 1. The van der Waals surface area contributed by atoms with Gasteiger partial charge in [-0.3, -0.25) is 14.5 Å². The second-order valence-electron chi connectivity index (χ2n) is 15.0. The lowest BCUT2D eigenvalue weighted by Crippen LogP contribution is -2.52. The van der Waals surface area contributed by atoms with Crippen molar-refractivity contribution in [3.63, 3.8) is 0 Å². The van der Waals surface area contributed by atoms with Crippen LogP contribution < -0.4 is 4.74 Å². The monoisotopic (exact) mass is 739 g/mol. The summed E-state index contributed by atoms with van der Waals surface area (Å²) in [7, 11) is 1.86. The molecular formula is C45H49N5O5. The Balaban J connectivity index is 1.22. The van der Waals surface area contributed by atoms with E-state index < -0.39 is 6.09 Å². The number of morpholine rings is 1. The molecule has 0 spiro atoms. The Morgan fingerprint density at radius 1 is 0.818 bits per heavy atom. The number of carbonyl (C=O) groups is 3. The van der Waals surface area contributed by atoms with Gasteiger partial charge in [-0.05, 0) is 84.0 Å². The minimum absolute atomic E-state index is 0.0416. The molecular weight excluding hydrogens is 691 g/mol. The molecule has 5 aromatic rings. The summed E-state index contributed by atoms with van der Waals surface area (Å²) in [5.74, 6) is 0.389. The van der Waals surface area contributed by atoms with Gasteiger partial charge >= 0.3 is 6.09 Å². The van der Waals surface area contributed by atoms with Gasteiger partial charge < -0.3 is 28.6 Å². The third-order valence-corrected chi connectivity index (χ3v) is 11.4. The number of amides is 3. The number of carbonyl (C=O) groups excluding carboxylic acids is 3. The average Bonchev–Trinajstić information content (AvgIpc) is 3.61. The predicted molar refractivity (Wildman–Crippen MR) is 212 cm³/mol. The number of aromatic nitrogens is 1. The van der Waals surface area contributed by atoms with Gasteiger partial charge in [-0.1, -0.05) is 61.9 Å². The summed E-state index contributed by atoms with van der Waals surface area (Å²) in [6.45, 7) is 7.88. The third kappa shape index (κ3) is 7.61. The largest absolute Gasteiger partial charge is 0.415 e. The lowest BCUT2D eigenvalue weighted by atomic mass is 9.89. The summed E-state index contributed by atoms with van der Waals surface area (Å²) in [5, 5.41) is 0. The highest BCUT2D eigenvalue weighted by atomic mass is 16.6. The van der Waals surface area contributed by atoms with Crippen molar-refractivity contribution in [2.75, 3.05) is 53.0 Å². The maximum absolute atomic E-state index is 15.4. The number of benzene rings is 3. The zero-order chi connectivity index (χ0) is 37.9. The van der Waals surface area contributed by atoms with Crippen LogP contribution in [-0.2, 0) is 30.7 Å². The van der Waals surface area contributed by atoms with Crippen molar-refractivity contribution in [3.8, 4) is 17.0 Å². The summed E-state index contributed by atoms with van der Waals surface area (Å²) < 4.78 is 13.4. The molecule has 8 rings (SSSR count). The van der Waals surface area contributed by atoms with Gasteiger partial charge in [0, 0.05) is 76.2 Å². The van der Waals surface area contributed by atoms with E-state index in [4.69, 9.17) is 9.47 Å². The first kappa shape index (κ1) is 36.5. The normalized spacial score (nSPS) is 17.1. The molecule has 5 heterocycles. The summed E-state index contributed by atoms with van der Waals surface area (Å²) in [6, 6.07) is 29.4. The summed E-state index contributed by atoms with van der Waals surface area (Å²) in [4.78, 5) is 50.7. The number of nitrogens with zero attached hydrogens (tertiary/aromatic N) is 5. The Bertz CT molecular complexity index is 2190. The minimum atomic E-state index is -0.417. The third-order valence-electron chi connectivity index (χ3n) is 11.4. The summed E-state index contributed by atoms with van der Waals surface area (Å²) in [6.07, 6.45) is 4.84. The fraction of sp³-hybridized carbons (Fsp3) is 0.356. The second-order valence-corrected chi connectivity index (χ2v) is 15.0. The van der Waals surface area contributed by atoms with Crippen molar-refractivity contribution in [2.24, 2.45) is 0 Å². The van der Waals surface area contributed by atoms with Gasteiger partial charge in [-0.15, -0.1) is 0 Å². The number of hydrogen-bond acceptors (Lipinski definition) is 6. The zero-order valence-electron chi connectivity index (χ0n) is 31.8. The Hall–Kier alpha value is -5.45. The van der Waals surface area contributed by atoms with E-state index in [9.17, 15) is 9.59 Å². The number of ether oxygens (including phenoxy) is 2. The highest BCUT2D eigenvalue weighted by molar-refractivity contribution is 6.05. The van der Waals surface area contributed by atoms with Crippen LogP contribution in [0, 0.1) is 0 Å². The molecule has 10 heteroatoms. The molecule has 1 saturated heterocycles. The molecule has 2 aromatic heterocycles. The van der Waals surface area contributed by atoms with Crippen molar-refractivity contribution >= 4 is 23.4 Å². The number of hydrogen-bond donors (Lipinski definition) is 0. The fourth-order valence-corrected chi connectivity index (χ4v) is 8.27. The van der Waals surface area contributed by atoms with E-state index in [1.807, 2.05) is 77.1 Å². The van der Waals surface area contributed by atoms with Gasteiger partial charge in [0.1, 0.15) is 5.75 Å². The Morgan fingerprint density at radius 3 is 2.38 bits per heavy atom. The lowest BCUT2D eigenvalue weighted by molar-refractivity contribution is 0.0193. The van der Waals surface area contributed by atoms with Crippen molar-refractivity contribution < 1.29 is 23.9 Å². The van der Waals surface area contributed by atoms with Gasteiger partial charge in [0.15, 0.2) is 0 Å². The highest BCUT2D eigenvalue weighted by Gasteiger charge is 2.35. The van der Waals surface area contributed by atoms with Crippen LogP contribution >= 0.6 is 0 Å². The van der Waals surface area contributed by atoms with Gasteiger partial charge in [0.25, 0.3) is 11.8 Å². The SMILES string of the molecule is CCCCN(C)C(=O)c1cc(-c2cc3c(cc2C(=O)N2Cc4ccccc4C[C@H]2CN2CCOCC2)CN(C(=O)Oc2ccccc2)CC3)n2ccccc12. The van der Waals surface area contributed by atoms with Crippen LogP contribution in [0.2, 0.25) is 0 Å². The molecule has 3 aliphatic rings. The highest BCUT2D eigenvalue weighted by Crippen LogP contribution is 2.36. The van der Waals surface area contributed by atoms with Crippen LogP contribution in [0.1, 0.15) is 62.7 Å². The molecule has 0 radical (unpaired) electrons. The van der Waals surface area contributed by atoms with Crippen LogP contribution in [-0.4, -0.2) is 101 Å². The molecule has 0 N–H and O–H groups in total. The Labute approximate surface area is 322 Å². The fourth-order valence-electron chi connectivity index (χ4n) is 8.27. The first-order valence-corrected chi connectivity index (χ1v) is 19.6. The molecule has 3 aliphatic heterocycles. The van der Waals surface area contributed by atoms with Crippen molar-refractivity contribution in [1.82, 2.24) is 24.0 Å². The number of fused-ring (bicyclic) bond motifs is 3. The first-order valence-electron chi connectivity index (χ1n) is 19.6. The van der Waals surface area contributed by atoms with E-state index >= 15 is 4.79 Å². The molecule has 284 valence electrons. The van der Waals surface area contributed by atoms with E-state index in [1.165, 1.54) is 5.56 Å². The molecule has 3 amide bonds. The molecule has 1 atom stereocenters. The average molecular weight is 740 g/mol. The van der Waals surface area contributed by atoms with Crippen LogP contribution in [0.4, 0.5) is 4.79 Å². The van der Waals surface area contributed by atoms with E-state index in [0.29, 0.717) is 62.7 Å². The maximum Gasteiger partial charge on any atom is 0.415 e. The first-order chi connectivity index (χ1) is 26.9. The van der Waals surface area contributed by atoms with E-state index in [1.54, 1.807) is 21.9 Å². The van der Waals surface area contributed by atoms with Crippen molar-refractivity contribution in [2.45, 2.75) is 51.7 Å². The Kier molecular flexibility index (Phi) is 10.7. The smallest absolute Gasteiger partial charge is 0.410 e. The van der Waals surface area contributed by atoms with Gasteiger partial charge in [-0.25, -0.2) is 4.79 Å². The molecule has 0 bridgehead atoms. The lowest BCUT2D eigenvalue weighted by Gasteiger charge is -2.41.